The van der Waals surface area contributed by atoms with Crippen LogP contribution in [0.2, 0.25) is 5.02 Å². The van der Waals surface area contributed by atoms with E-state index in [9.17, 15) is 22.8 Å². The van der Waals surface area contributed by atoms with Crippen LogP contribution in [0.1, 0.15) is 16.7 Å². The van der Waals surface area contributed by atoms with Gasteiger partial charge in [0, 0.05) is 16.7 Å². The molecule has 1 aliphatic rings. The first-order valence-electron chi connectivity index (χ1n) is 10.9. The Labute approximate surface area is 218 Å². The van der Waals surface area contributed by atoms with E-state index in [-0.39, 0.29) is 32.7 Å². The van der Waals surface area contributed by atoms with Crippen molar-refractivity contribution in [1.82, 2.24) is 5.32 Å². The average Bonchev–Trinajstić information content (AvgIpc) is 2.84. The van der Waals surface area contributed by atoms with Gasteiger partial charge in [-0.05, 0) is 61.9 Å². The molecule has 3 aromatic carbocycles. The number of hydrogen-bond donors (Lipinski definition) is 1. The van der Waals surface area contributed by atoms with Crippen LogP contribution in [-0.2, 0) is 19.7 Å². The summed E-state index contributed by atoms with van der Waals surface area (Å²) < 4.78 is 36.5. The van der Waals surface area contributed by atoms with Gasteiger partial charge >= 0.3 is 16.1 Å². The number of ether oxygens (including phenoxy) is 1. The van der Waals surface area contributed by atoms with E-state index in [0.717, 1.165) is 16.5 Å². The molecule has 1 heterocycles. The van der Waals surface area contributed by atoms with Gasteiger partial charge in [0.25, 0.3) is 11.8 Å². The zero-order valence-corrected chi connectivity index (χ0v) is 21.5. The van der Waals surface area contributed by atoms with Crippen LogP contribution in [0.15, 0.2) is 71.1 Å². The van der Waals surface area contributed by atoms with E-state index in [4.69, 9.17) is 20.5 Å². The first kappa shape index (κ1) is 25.9. The van der Waals surface area contributed by atoms with Crippen LogP contribution in [0.4, 0.5) is 10.5 Å². The third-order valence-electron chi connectivity index (χ3n) is 5.54. The fourth-order valence-corrected chi connectivity index (χ4v) is 4.67. The third kappa shape index (κ3) is 5.35. The van der Waals surface area contributed by atoms with Crippen molar-refractivity contribution >= 4 is 51.3 Å². The first-order valence-corrected chi connectivity index (χ1v) is 12.7. The number of imide groups is 2. The zero-order chi connectivity index (χ0) is 26.9. The smallest absolute Gasteiger partial charge is 0.339 e. The van der Waals surface area contributed by atoms with Crippen LogP contribution >= 0.6 is 11.6 Å². The zero-order valence-electron chi connectivity index (χ0n) is 19.9. The second kappa shape index (κ2) is 10.1. The molecule has 0 aliphatic carbocycles. The SMILES string of the molecule is COc1ccc(/C=C2\C(=O)NC(=O)N(c3cc(Cl)ccc3C)C2=O)c(OS(=O)(=O)c2ccc(C)cc2)c1. The molecular weight excluding hydrogens is 520 g/mol. The minimum absolute atomic E-state index is 0.0841. The van der Waals surface area contributed by atoms with Crippen molar-refractivity contribution in [1.29, 1.82) is 0 Å². The molecule has 37 heavy (non-hydrogen) atoms. The maximum Gasteiger partial charge on any atom is 0.339 e. The summed E-state index contributed by atoms with van der Waals surface area (Å²) in [6.07, 6.45) is 1.15. The average molecular weight is 541 g/mol. The summed E-state index contributed by atoms with van der Waals surface area (Å²) >= 11 is 6.06. The molecule has 0 atom stereocenters. The number of nitrogens with one attached hydrogen (secondary N) is 1. The molecule has 1 fully saturated rings. The van der Waals surface area contributed by atoms with Crippen LogP contribution in [0.5, 0.6) is 11.5 Å². The lowest BCUT2D eigenvalue weighted by Crippen LogP contribution is -2.54. The Kier molecular flexibility index (Phi) is 7.06. The van der Waals surface area contributed by atoms with Crippen molar-refractivity contribution < 1.29 is 31.7 Å². The standard InChI is InChI=1S/C26H21ClN2O7S/c1-15-4-10-20(11-5-15)37(33,34)36-23-14-19(35-3)9-7-17(23)12-21-24(30)28-26(32)29(25(21)31)22-13-18(27)8-6-16(22)2/h4-14H,1-3H3,(H,28,30,32)/b21-12+. The number of nitrogens with zero attached hydrogens (tertiary/aromatic N) is 1. The molecule has 1 saturated heterocycles. The molecule has 9 nitrogen and oxygen atoms in total. The molecule has 1 aliphatic heterocycles. The second-order valence-corrected chi connectivity index (χ2v) is 10.1. The number of halogens is 1. The van der Waals surface area contributed by atoms with Crippen molar-refractivity contribution in [3.63, 3.8) is 0 Å². The number of barbiturate groups is 1. The molecule has 190 valence electrons. The lowest BCUT2D eigenvalue weighted by molar-refractivity contribution is -0.122. The number of anilines is 1. The Morgan fingerprint density at radius 1 is 0.946 bits per heavy atom. The van der Waals surface area contributed by atoms with Crippen molar-refractivity contribution in [2.24, 2.45) is 0 Å². The van der Waals surface area contributed by atoms with E-state index < -0.39 is 33.5 Å². The minimum Gasteiger partial charge on any atom is -0.497 e. The summed E-state index contributed by atoms with van der Waals surface area (Å²) in [5, 5.41) is 2.42. The van der Waals surface area contributed by atoms with Gasteiger partial charge in [-0.3, -0.25) is 14.9 Å². The summed E-state index contributed by atoms with van der Waals surface area (Å²) in [5.41, 5.74) is 1.30. The Hall–Kier alpha value is -4.15. The van der Waals surface area contributed by atoms with Crippen LogP contribution in [0, 0.1) is 13.8 Å². The Morgan fingerprint density at radius 3 is 2.32 bits per heavy atom. The van der Waals surface area contributed by atoms with E-state index in [1.54, 1.807) is 31.2 Å². The van der Waals surface area contributed by atoms with Gasteiger partial charge in [-0.25, -0.2) is 9.69 Å². The quantitative estimate of drug-likeness (QED) is 0.279. The number of methoxy groups -OCH3 is 1. The van der Waals surface area contributed by atoms with Gasteiger partial charge in [-0.15, -0.1) is 0 Å². The molecule has 1 N–H and O–H groups in total. The van der Waals surface area contributed by atoms with Crippen molar-refractivity contribution in [3.05, 3.63) is 87.9 Å². The van der Waals surface area contributed by atoms with Gasteiger partial charge in [-0.1, -0.05) is 35.4 Å². The fraction of sp³-hybridized carbons (Fsp3) is 0.115. The summed E-state index contributed by atoms with van der Waals surface area (Å²) in [6, 6.07) is 14.0. The van der Waals surface area contributed by atoms with Crippen LogP contribution in [0.3, 0.4) is 0 Å². The molecular formula is C26H21ClN2O7S. The van der Waals surface area contributed by atoms with Gasteiger partial charge in [0.1, 0.15) is 16.2 Å². The molecule has 0 radical (unpaired) electrons. The summed E-state index contributed by atoms with van der Waals surface area (Å²) in [5.74, 6) is -1.77. The monoisotopic (exact) mass is 540 g/mol. The minimum atomic E-state index is -4.27. The molecule has 0 unspecified atom stereocenters. The molecule has 3 aromatic rings. The lowest BCUT2D eigenvalue weighted by Gasteiger charge is -2.27. The largest absolute Gasteiger partial charge is 0.497 e. The predicted molar refractivity (Wildman–Crippen MR) is 137 cm³/mol. The van der Waals surface area contributed by atoms with E-state index in [1.807, 2.05) is 6.92 Å². The summed E-state index contributed by atoms with van der Waals surface area (Å²) in [4.78, 5) is 39.3. The molecule has 0 bridgehead atoms. The van der Waals surface area contributed by atoms with Crippen molar-refractivity contribution in [2.75, 3.05) is 12.0 Å². The maximum absolute atomic E-state index is 13.3. The lowest BCUT2D eigenvalue weighted by atomic mass is 10.0. The van der Waals surface area contributed by atoms with Gasteiger partial charge in [0.15, 0.2) is 5.75 Å². The topological polar surface area (TPSA) is 119 Å². The van der Waals surface area contributed by atoms with Gasteiger partial charge in [0.2, 0.25) is 0 Å². The summed E-state index contributed by atoms with van der Waals surface area (Å²) in [7, 11) is -2.88. The number of amides is 4. The molecule has 0 spiro atoms. The maximum atomic E-state index is 13.3. The normalized spacial score (nSPS) is 15.1. The van der Waals surface area contributed by atoms with E-state index >= 15 is 0 Å². The van der Waals surface area contributed by atoms with Crippen LogP contribution in [-0.4, -0.2) is 33.4 Å². The van der Waals surface area contributed by atoms with Gasteiger partial charge < -0.3 is 8.92 Å². The highest BCUT2D eigenvalue weighted by molar-refractivity contribution is 7.87. The third-order valence-corrected chi connectivity index (χ3v) is 7.03. The molecule has 0 aromatic heterocycles. The Balaban J connectivity index is 1.78. The molecule has 11 heteroatoms. The number of carbonyl (C=O) groups is 3. The van der Waals surface area contributed by atoms with Crippen LogP contribution in [0.25, 0.3) is 6.08 Å². The van der Waals surface area contributed by atoms with Crippen molar-refractivity contribution in [2.45, 2.75) is 18.7 Å². The molecule has 4 amide bonds. The molecule has 4 rings (SSSR count). The van der Waals surface area contributed by atoms with E-state index in [0.29, 0.717) is 5.56 Å². The number of urea groups is 1. The highest BCUT2D eigenvalue weighted by Gasteiger charge is 2.38. The van der Waals surface area contributed by atoms with Gasteiger partial charge in [-0.2, -0.15) is 8.42 Å². The van der Waals surface area contributed by atoms with Crippen molar-refractivity contribution in [3.8, 4) is 11.5 Å². The highest BCUT2D eigenvalue weighted by Crippen LogP contribution is 2.32. The van der Waals surface area contributed by atoms with E-state index in [2.05, 4.69) is 5.32 Å². The van der Waals surface area contributed by atoms with Gasteiger partial charge in [0.05, 0.1) is 12.8 Å². The predicted octanol–water partition coefficient (Wildman–Crippen LogP) is 4.40. The number of carbonyl (C=O) groups excluding carboxylic acids is 3. The first-order chi connectivity index (χ1) is 17.5. The number of hydrogen-bond acceptors (Lipinski definition) is 7. The fourth-order valence-electron chi connectivity index (χ4n) is 3.56. The highest BCUT2D eigenvalue weighted by atomic mass is 35.5. The van der Waals surface area contributed by atoms with Crippen LogP contribution < -0.4 is 19.1 Å². The Morgan fingerprint density at radius 2 is 1.65 bits per heavy atom. The number of rotatable bonds is 6. The number of benzene rings is 3. The second-order valence-electron chi connectivity index (χ2n) is 8.14. The Bertz CT molecular complexity index is 1560. The molecule has 0 saturated carbocycles. The summed E-state index contributed by atoms with van der Waals surface area (Å²) in [6.45, 7) is 3.49. The number of aryl methyl sites for hydroxylation is 2. The van der Waals surface area contributed by atoms with E-state index in [1.165, 1.54) is 43.5 Å².